The van der Waals surface area contributed by atoms with Crippen LogP contribution in [0.5, 0.6) is 0 Å². The summed E-state index contributed by atoms with van der Waals surface area (Å²) < 4.78 is 0.395. The Labute approximate surface area is 150 Å². The molecule has 24 heavy (non-hydrogen) atoms. The molecule has 0 heterocycles. The summed E-state index contributed by atoms with van der Waals surface area (Å²) >= 11 is 1.98. The number of rotatable bonds is 4. The lowest BCUT2D eigenvalue weighted by atomic mass is 9.56. The monoisotopic (exact) mass is 343 g/mol. The Morgan fingerprint density at radius 2 is 1.58 bits per heavy atom. The number of hydrogen-bond acceptors (Lipinski definition) is 2. The summed E-state index contributed by atoms with van der Waals surface area (Å²) in [4.78, 5) is 12.8. The molecule has 1 N–H and O–H groups in total. The van der Waals surface area contributed by atoms with Gasteiger partial charge in [-0.2, -0.15) is 0 Å². The van der Waals surface area contributed by atoms with Gasteiger partial charge in [-0.3, -0.25) is 4.79 Å². The van der Waals surface area contributed by atoms with Crippen LogP contribution in [-0.2, 0) is 4.79 Å². The van der Waals surface area contributed by atoms with E-state index in [0.29, 0.717) is 4.75 Å². The number of anilines is 1. The Hall–Kier alpha value is -0.960. The molecule has 4 aliphatic carbocycles. The topological polar surface area (TPSA) is 29.1 Å². The number of aryl methyl sites for hydroxylation is 2. The van der Waals surface area contributed by atoms with Crippen LogP contribution in [0, 0.1) is 31.6 Å². The molecular formula is C21H29NOS. The summed E-state index contributed by atoms with van der Waals surface area (Å²) in [5.74, 6) is 3.00. The number of nitrogens with one attached hydrogen (secondary N) is 1. The van der Waals surface area contributed by atoms with Crippen LogP contribution in [0.15, 0.2) is 18.2 Å². The quantitative estimate of drug-likeness (QED) is 0.800. The molecule has 3 heteroatoms. The zero-order valence-electron chi connectivity index (χ0n) is 15.1. The molecule has 5 rings (SSSR count). The van der Waals surface area contributed by atoms with Crippen molar-refractivity contribution in [3.8, 4) is 0 Å². The third kappa shape index (κ3) is 3.00. The van der Waals surface area contributed by atoms with E-state index in [2.05, 4.69) is 38.2 Å². The van der Waals surface area contributed by atoms with Crippen molar-refractivity contribution in [1.82, 2.24) is 0 Å². The van der Waals surface area contributed by atoms with Gasteiger partial charge < -0.3 is 5.32 Å². The summed E-state index contributed by atoms with van der Waals surface area (Å²) in [7, 11) is 0. The van der Waals surface area contributed by atoms with Crippen LogP contribution < -0.4 is 5.32 Å². The summed E-state index contributed by atoms with van der Waals surface area (Å²) in [6.07, 6.45) is 8.44. The van der Waals surface area contributed by atoms with Crippen molar-refractivity contribution >= 4 is 23.4 Å². The van der Waals surface area contributed by atoms with E-state index in [1.807, 2.05) is 17.8 Å². The van der Waals surface area contributed by atoms with Crippen LogP contribution in [0.1, 0.15) is 56.6 Å². The lowest BCUT2D eigenvalue weighted by Crippen LogP contribution is -2.49. The molecule has 0 spiro atoms. The number of carbonyl (C=O) groups is 1. The number of amides is 1. The number of carbonyl (C=O) groups excluding carboxylic acids is 1. The third-order valence-electron chi connectivity index (χ3n) is 6.51. The van der Waals surface area contributed by atoms with Gasteiger partial charge in [-0.25, -0.2) is 0 Å². The maximum Gasteiger partial charge on any atom is 0.237 e. The first-order valence-corrected chi connectivity index (χ1v) is 10.4. The zero-order valence-corrected chi connectivity index (χ0v) is 15.9. The van der Waals surface area contributed by atoms with Crippen molar-refractivity contribution in [3.63, 3.8) is 0 Å². The van der Waals surface area contributed by atoms with Crippen LogP contribution >= 0.6 is 11.8 Å². The average Bonchev–Trinajstić information content (AvgIpc) is 2.49. The van der Waals surface area contributed by atoms with Crippen molar-refractivity contribution in [2.24, 2.45) is 17.8 Å². The zero-order chi connectivity index (χ0) is 16.9. The SMILES string of the molecule is Cc1cccc(C)c1NC(=O)[C@H](C)SC12CC3CC(CC(C3)C1)C2. The highest BCUT2D eigenvalue weighted by atomic mass is 32.2. The first-order valence-electron chi connectivity index (χ1n) is 9.49. The first kappa shape index (κ1) is 16.5. The molecule has 1 aromatic carbocycles. The molecule has 4 saturated carbocycles. The van der Waals surface area contributed by atoms with Gasteiger partial charge in [-0.15, -0.1) is 11.8 Å². The highest BCUT2D eigenvalue weighted by molar-refractivity contribution is 8.01. The van der Waals surface area contributed by atoms with E-state index in [0.717, 1.165) is 34.6 Å². The van der Waals surface area contributed by atoms with Crippen molar-refractivity contribution in [2.45, 2.75) is 69.3 Å². The van der Waals surface area contributed by atoms with E-state index in [-0.39, 0.29) is 11.2 Å². The van der Waals surface area contributed by atoms with Gasteiger partial charge in [0.1, 0.15) is 0 Å². The number of thioether (sulfide) groups is 1. The minimum absolute atomic E-state index is 0.0280. The second kappa shape index (κ2) is 6.09. The molecule has 1 amide bonds. The summed E-state index contributed by atoms with van der Waals surface area (Å²) in [6, 6.07) is 6.19. The fourth-order valence-corrected chi connectivity index (χ4v) is 7.75. The molecule has 130 valence electrons. The average molecular weight is 344 g/mol. The van der Waals surface area contributed by atoms with Gasteiger partial charge in [0, 0.05) is 10.4 Å². The molecular weight excluding hydrogens is 314 g/mol. The van der Waals surface area contributed by atoms with E-state index in [9.17, 15) is 4.79 Å². The molecule has 1 aromatic rings. The van der Waals surface area contributed by atoms with Crippen molar-refractivity contribution in [2.75, 3.05) is 5.32 Å². The normalized spacial score (nSPS) is 35.0. The molecule has 4 aliphatic rings. The van der Waals surface area contributed by atoms with Gasteiger partial charge in [-0.1, -0.05) is 18.2 Å². The highest BCUT2D eigenvalue weighted by Gasteiger charge is 2.52. The van der Waals surface area contributed by atoms with E-state index < -0.39 is 0 Å². The van der Waals surface area contributed by atoms with Gasteiger partial charge in [0.15, 0.2) is 0 Å². The fraction of sp³-hybridized carbons (Fsp3) is 0.667. The predicted octanol–water partition coefficient (Wildman–Crippen LogP) is 5.33. The molecule has 0 saturated heterocycles. The van der Waals surface area contributed by atoms with Crippen LogP contribution in [0.4, 0.5) is 5.69 Å². The summed E-state index contributed by atoms with van der Waals surface area (Å²) in [6.45, 7) is 6.24. The molecule has 0 radical (unpaired) electrons. The molecule has 1 atom stereocenters. The minimum Gasteiger partial charge on any atom is -0.325 e. The first-order chi connectivity index (χ1) is 11.4. The Morgan fingerprint density at radius 1 is 1.08 bits per heavy atom. The van der Waals surface area contributed by atoms with E-state index in [4.69, 9.17) is 0 Å². The van der Waals surface area contributed by atoms with Crippen molar-refractivity contribution in [3.05, 3.63) is 29.3 Å². The van der Waals surface area contributed by atoms with Gasteiger partial charge >= 0.3 is 0 Å². The summed E-state index contributed by atoms with van der Waals surface area (Å²) in [5, 5.41) is 3.23. The van der Waals surface area contributed by atoms with E-state index >= 15 is 0 Å². The molecule has 4 bridgehead atoms. The minimum atomic E-state index is 0.0280. The number of para-hydroxylation sites is 1. The molecule has 2 nitrogen and oxygen atoms in total. The van der Waals surface area contributed by atoms with Gasteiger partial charge in [-0.05, 0) is 88.2 Å². The predicted molar refractivity (Wildman–Crippen MR) is 103 cm³/mol. The van der Waals surface area contributed by atoms with Crippen LogP contribution in [0.25, 0.3) is 0 Å². The second-order valence-corrected chi connectivity index (χ2v) is 10.4. The van der Waals surface area contributed by atoms with Crippen LogP contribution in [0.3, 0.4) is 0 Å². The Balaban J connectivity index is 1.44. The van der Waals surface area contributed by atoms with Crippen LogP contribution in [0.2, 0.25) is 0 Å². The maximum atomic E-state index is 12.8. The molecule has 0 aromatic heterocycles. The van der Waals surface area contributed by atoms with E-state index in [1.54, 1.807) is 0 Å². The Kier molecular flexibility index (Phi) is 4.19. The standard InChI is InChI=1S/C21H29NOS/c1-13-5-4-6-14(2)19(13)22-20(23)15(3)24-21-10-16-7-17(11-21)9-18(8-16)12-21/h4-6,15-18H,7-12H2,1-3H3,(H,22,23)/t15-,16?,17?,18?,21?/m0/s1. The Morgan fingerprint density at radius 3 is 2.08 bits per heavy atom. The van der Waals surface area contributed by atoms with E-state index in [1.165, 1.54) is 38.5 Å². The molecule has 0 unspecified atom stereocenters. The molecule has 4 fully saturated rings. The van der Waals surface area contributed by atoms with Gasteiger partial charge in [0.05, 0.1) is 5.25 Å². The van der Waals surface area contributed by atoms with Gasteiger partial charge in [0.2, 0.25) is 5.91 Å². The number of benzene rings is 1. The van der Waals surface area contributed by atoms with Crippen molar-refractivity contribution < 1.29 is 4.79 Å². The molecule has 0 aliphatic heterocycles. The lowest BCUT2D eigenvalue weighted by Gasteiger charge is -2.57. The maximum absolute atomic E-state index is 12.8. The smallest absolute Gasteiger partial charge is 0.237 e. The van der Waals surface area contributed by atoms with Gasteiger partial charge in [0.25, 0.3) is 0 Å². The summed E-state index contributed by atoms with van der Waals surface area (Å²) in [5.41, 5.74) is 3.30. The Bertz CT molecular complexity index is 598. The third-order valence-corrected chi connectivity index (χ3v) is 8.08. The van der Waals surface area contributed by atoms with Crippen LogP contribution in [-0.4, -0.2) is 15.9 Å². The second-order valence-electron chi connectivity index (χ2n) is 8.62. The highest BCUT2D eigenvalue weighted by Crippen LogP contribution is 2.61. The fourth-order valence-electron chi connectivity index (χ4n) is 5.84. The lowest BCUT2D eigenvalue weighted by molar-refractivity contribution is -0.115. The largest absolute Gasteiger partial charge is 0.325 e. The number of hydrogen-bond donors (Lipinski definition) is 1. The van der Waals surface area contributed by atoms with Crippen molar-refractivity contribution in [1.29, 1.82) is 0 Å².